The van der Waals surface area contributed by atoms with Gasteiger partial charge < -0.3 is 9.84 Å². The van der Waals surface area contributed by atoms with E-state index in [0.717, 1.165) is 35.1 Å². The van der Waals surface area contributed by atoms with E-state index in [0.29, 0.717) is 26.1 Å². The van der Waals surface area contributed by atoms with Crippen LogP contribution in [0.4, 0.5) is 0 Å². The van der Waals surface area contributed by atoms with Crippen LogP contribution < -0.4 is 16.0 Å². The molecule has 2 N–H and O–H groups in total. The maximum atomic E-state index is 12.1. The number of fused-ring (bicyclic) bond motifs is 1. The number of aryl methyl sites for hydroxylation is 1. The van der Waals surface area contributed by atoms with Crippen molar-refractivity contribution in [2.75, 3.05) is 0 Å². The number of phenolic OH excluding ortho intramolecular Hbond substituents is 1. The number of ether oxygens (including phenoxy) is 1. The number of phenols is 1. The summed E-state index contributed by atoms with van der Waals surface area (Å²) in [6.45, 7) is 0. The van der Waals surface area contributed by atoms with Gasteiger partial charge in [0.25, 0.3) is 5.56 Å². The van der Waals surface area contributed by atoms with E-state index < -0.39 is 16.9 Å². The third-order valence-electron chi connectivity index (χ3n) is 4.59. The lowest BCUT2D eigenvalue weighted by Gasteiger charge is -2.15. The van der Waals surface area contributed by atoms with Crippen molar-refractivity contribution in [2.45, 2.75) is 19.3 Å². The van der Waals surface area contributed by atoms with Gasteiger partial charge in [-0.25, -0.2) is 4.79 Å². The van der Waals surface area contributed by atoms with Gasteiger partial charge in [0.05, 0.1) is 14.6 Å². The second-order valence-electron chi connectivity index (χ2n) is 6.38. The fourth-order valence-electron chi connectivity index (χ4n) is 3.23. The van der Waals surface area contributed by atoms with Crippen molar-refractivity contribution in [2.24, 2.45) is 0 Å². The van der Waals surface area contributed by atoms with Gasteiger partial charge in [0.2, 0.25) is 5.69 Å². The third kappa shape index (κ3) is 3.47. The zero-order valence-electron chi connectivity index (χ0n) is 14.7. The smallest absolute Gasteiger partial charge is 0.349 e. The second kappa shape index (κ2) is 7.50. The Morgan fingerprint density at radius 1 is 1.21 bits per heavy atom. The van der Waals surface area contributed by atoms with Crippen LogP contribution in [0.2, 0.25) is 0 Å². The van der Waals surface area contributed by atoms with Gasteiger partial charge in [0.1, 0.15) is 6.07 Å². The van der Waals surface area contributed by atoms with E-state index in [1.54, 1.807) is 24.3 Å². The zero-order chi connectivity index (χ0) is 20.7. The number of halogens is 2. The number of aromatic hydroxyl groups is 1. The normalized spacial score (nSPS) is 12.4. The summed E-state index contributed by atoms with van der Waals surface area (Å²) in [5, 5.41) is 23.3. The summed E-state index contributed by atoms with van der Waals surface area (Å²) in [5.41, 5.74) is 0.267. The first kappa shape index (κ1) is 19.4. The average Bonchev–Trinajstić information content (AvgIpc) is 3.16. The predicted molar refractivity (Wildman–Crippen MR) is 111 cm³/mol. The molecule has 0 unspecified atom stereocenters. The fraction of sp³-hybridized carbons (Fsp3) is 0.158. The minimum Gasteiger partial charge on any atom is -0.504 e. The number of rotatable bonds is 3. The van der Waals surface area contributed by atoms with Crippen LogP contribution in [0.15, 0.2) is 42.8 Å². The van der Waals surface area contributed by atoms with E-state index >= 15 is 0 Å². The molecule has 0 fully saturated rings. The highest BCUT2D eigenvalue weighted by atomic mass is 79.9. The van der Waals surface area contributed by atoms with Crippen LogP contribution in [-0.4, -0.2) is 19.9 Å². The molecule has 146 valence electrons. The van der Waals surface area contributed by atoms with E-state index in [9.17, 15) is 14.7 Å². The van der Waals surface area contributed by atoms with Crippen molar-refractivity contribution in [3.63, 3.8) is 0 Å². The fourth-order valence-corrected chi connectivity index (χ4v) is 4.56. The molecule has 0 radical (unpaired) electrons. The van der Waals surface area contributed by atoms with Gasteiger partial charge in [-0.1, -0.05) is 6.07 Å². The number of aromatic amines is 1. The molecule has 0 saturated carbocycles. The first-order valence-corrected chi connectivity index (χ1v) is 10.1. The van der Waals surface area contributed by atoms with Crippen LogP contribution in [0, 0.1) is 11.3 Å². The molecule has 1 aliphatic carbocycles. The standard InChI is InChI=1S/C19H12Br2N4O4/c20-12-6-10(25-19(28)23-18(27)14(8-22)24-25)7-13(21)17(12)29-15-5-4-9-2-1-3-11(9)16(15)26/h4-7,26H,1-3H2,(H,23,27,28). The van der Waals surface area contributed by atoms with Crippen LogP contribution in [0.3, 0.4) is 0 Å². The summed E-state index contributed by atoms with van der Waals surface area (Å²) in [7, 11) is 0. The molecule has 1 aliphatic rings. The van der Waals surface area contributed by atoms with Crippen LogP contribution >= 0.6 is 31.9 Å². The number of benzene rings is 2. The minimum atomic E-state index is -0.848. The van der Waals surface area contributed by atoms with Crippen molar-refractivity contribution in [3.8, 4) is 29.0 Å². The molecule has 3 aromatic rings. The number of hydrogen-bond donors (Lipinski definition) is 2. The van der Waals surface area contributed by atoms with Gasteiger partial charge in [-0.2, -0.15) is 9.94 Å². The number of aromatic nitrogens is 3. The lowest BCUT2D eigenvalue weighted by Crippen LogP contribution is -2.33. The largest absolute Gasteiger partial charge is 0.504 e. The molecule has 29 heavy (non-hydrogen) atoms. The minimum absolute atomic E-state index is 0.125. The summed E-state index contributed by atoms with van der Waals surface area (Å²) in [6.07, 6.45) is 2.75. The molecular weight excluding hydrogens is 508 g/mol. The Morgan fingerprint density at radius 3 is 2.62 bits per heavy atom. The van der Waals surface area contributed by atoms with Gasteiger partial charge in [-0.15, -0.1) is 5.10 Å². The second-order valence-corrected chi connectivity index (χ2v) is 8.08. The topological polar surface area (TPSA) is 121 Å². The Morgan fingerprint density at radius 2 is 1.93 bits per heavy atom. The van der Waals surface area contributed by atoms with E-state index in [4.69, 9.17) is 10.00 Å². The van der Waals surface area contributed by atoms with Crippen LogP contribution in [-0.2, 0) is 12.8 Å². The number of H-pyrrole nitrogens is 1. The van der Waals surface area contributed by atoms with Crippen molar-refractivity contribution < 1.29 is 9.84 Å². The predicted octanol–water partition coefficient (Wildman–Crippen LogP) is 3.30. The van der Waals surface area contributed by atoms with Crippen LogP contribution in [0.25, 0.3) is 5.69 Å². The monoisotopic (exact) mass is 518 g/mol. The Labute approximate surface area is 180 Å². The quantitative estimate of drug-likeness (QED) is 0.547. The first-order chi connectivity index (χ1) is 13.9. The lowest BCUT2D eigenvalue weighted by molar-refractivity contribution is 0.405. The van der Waals surface area contributed by atoms with Crippen LogP contribution in [0.1, 0.15) is 23.2 Å². The molecule has 1 heterocycles. The summed E-state index contributed by atoms with van der Waals surface area (Å²) in [6, 6.07) is 8.42. The number of nitriles is 1. The highest BCUT2D eigenvalue weighted by molar-refractivity contribution is 9.11. The van der Waals surface area contributed by atoms with Gasteiger partial charge in [-0.05, 0) is 74.9 Å². The molecule has 2 aromatic carbocycles. The molecule has 0 atom stereocenters. The summed E-state index contributed by atoms with van der Waals surface area (Å²) in [4.78, 5) is 25.7. The zero-order valence-corrected chi connectivity index (χ0v) is 17.9. The van der Waals surface area contributed by atoms with E-state index in [1.807, 2.05) is 6.07 Å². The molecule has 10 heteroatoms. The van der Waals surface area contributed by atoms with Crippen LogP contribution in [0.5, 0.6) is 17.2 Å². The van der Waals surface area contributed by atoms with Gasteiger partial charge in [0.15, 0.2) is 17.2 Å². The number of hydrogen-bond acceptors (Lipinski definition) is 6. The Hall–Kier alpha value is -2.90. The molecule has 0 saturated heterocycles. The molecule has 0 spiro atoms. The van der Waals surface area contributed by atoms with E-state index in [1.165, 1.54) is 0 Å². The average molecular weight is 520 g/mol. The Balaban J connectivity index is 1.75. The highest BCUT2D eigenvalue weighted by Gasteiger charge is 2.20. The maximum absolute atomic E-state index is 12.1. The Bertz CT molecular complexity index is 1280. The summed E-state index contributed by atoms with van der Waals surface area (Å²) in [5.74, 6) is 0.839. The van der Waals surface area contributed by atoms with Gasteiger partial charge >= 0.3 is 5.69 Å². The summed E-state index contributed by atoms with van der Waals surface area (Å²) < 4.78 is 7.77. The molecule has 0 aliphatic heterocycles. The van der Waals surface area contributed by atoms with E-state index in [2.05, 4.69) is 41.9 Å². The molecular formula is C19H12Br2N4O4. The molecule has 0 amide bonds. The highest BCUT2D eigenvalue weighted by Crippen LogP contribution is 2.43. The third-order valence-corrected chi connectivity index (χ3v) is 5.77. The molecule has 8 nitrogen and oxygen atoms in total. The van der Waals surface area contributed by atoms with E-state index in [-0.39, 0.29) is 5.75 Å². The molecule has 1 aromatic heterocycles. The number of nitrogens with zero attached hydrogens (tertiary/aromatic N) is 3. The van der Waals surface area contributed by atoms with Gasteiger partial charge in [0, 0.05) is 5.56 Å². The first-order valence-electron chi connectivity index (χ1n) is 8.53. The number of nitrogens with one attached hydrogen (secondary N) is 1. The maximum Gasteiger partial charge on any atom is 0.349 e. The summed E-state index contributed by atoms with van der Waals surface area (Å²) >= 11 is 6.80. The van der Waals surface area contributed by atoms with Gasteiger partial charge in [-0.3, -0.25) is 9.78 Å². The SMILES string of the molecule is N#Cc1nn(-c2cc(Br)c(Oc3ccc4c(c3O)CCC4)c(Br)c2)c(=O)[nH]c1=O. The molecule has 0 bridgehead atoms. The lowest BCUT2D eigenvalue weighted by atomic mass is 10.1. The Kier molecular flexibility index (Phi) is 5.02. The van der Waals surface area contributed by atoms with Crippen molar-refractivity contribution >= 4 is 31.9 Å². The van der Waals surface area contributed by atoms with Crippen molar-refractivity contribution in [3.05, 3.63) is 70.9 Å². The van der Waals surface area contributed by atoms with Crippen molar-refractivity contribution in [1.82, 2.24) is 14.8 Å². The van der Waals surface area contributed by atoms with Crippen molar-refractivity contribution in [1.29, 1.82) is 5.26 Å². The molecule has 4 rings (SSSR count).